The molecule has 104 valence electrons. The molecule has 1 aliphatic rings. The summed E-state index contributed by atoms with van der Waals surface area (Å²) in [5.74, 6) is -1.27. The van der Waals surface area contributed by atoms with Gasteiger partial charge in [-0.15, -0.1) is 5.10 Å². The molecule has 1 fully saturated rings. The topological polar surface area (TPSA) is 53.9 Å². The fraction of sp³-hybridized carbons (Fsp3) is 0.308. The van der Waals surface area contributed by atoms with Gasteiger partial charge in [-0.25, -0.2) is 13.8 Å². The molecule has 1 aromatic carbocycles. The van der Waals surface area contributed by atoms with Gasteiger partial charge in [0.1, 0.15) is 0 Å². The standard InChI is InChI=1S/C13H13F2N5/c14-10-2-1-9(7-11(10)15)12-8-17-19-13(18-12)20-5-3-16-4-6-20/h1-2,7-8,16H,3-6H2. The highest BCUT2D eigenvalue weighted by Gasteiger charge is 2.15. The third-order valence-corrected chi connectivity index (χ3v) is 3.16. The lowest BCUT2D eigenvalue weighted by atomic mass is 10.1. The number of rotatable bonds is 2. The highest BCUT2D eigenvalue weighted by Crippen LogP contribution is 2.20. The molecule has 1 N–H and O–H groups in total. The first kappa shape index (κ1) is 12.9. The van der Waals surface area contributed by atoms with Crippen LogP contribution in [0.15, 0.2) is 24.4 Å². The van der Waals surface area contributed by atoms with Crippen LogP contribution in [0.2, 0.25) is 0 Å². The number of piperazine rings is 1. The molecule has 7 heteroatoms. The Kier molecular flexibility index (Phi) is 3.51. The molecule has 0 bridgehead atoms. The van der Waals surface area contributed by atoms with Gasteiger partial charge in [-0.05, 0) is 18.2 Å². The van der Waals surface area contributed by atoms with Crippen molar-refractivity contribution >= 4 is 5.95 Å². The van der Waals surface area contributed by atoms with Gasteiger partial charge in [0, 0.05) is 31.7 Å². The van der Waals surface area contributed by atoms with Crippen LogP contribution in [0.3, 0.4) is 0 Å². The molecule has 1 aliphatic heterocycles. The third-order valence-electron chi connectivity index (χ3n) is 3.16. The average Bonchev–Trinajstić information content (AvgIpc) is 2.51. The summed E-state index contributed by atoms with van der Waals surface area (Å²) in [6, 6.07) is 3.67. The molecule has 0 radical (unpaired) electrons. The summed E-state index contributed by atoms with van der Waals surface area (Å²) in [7, 11) is 0. The van der Waals surface area contributed by atoms with Crippen molar-refractivity contribution in [2.45, 2.75) is 0 Å². The van der Waals surface area contributed by atoms with Crippen LogP contribution in [-0.2, 0) is 0 Å². The van der Waals surface area contributed by atoms with Crippen LogP contribution in [0.4, 0.5) is 14.7 Å². The maximum absolute atomic E-state index is 13.3. The van der Waals surface area contributed by atoms with Crippen LogP contribution >= 0.6 is 0 Å². The fourth-order valence-electron chi connectivity index (χ4n) is 2.09. The minimum atomic E-state index is -0.898. The van der Waals surface area contributed by atoms with E-state index in [0.717, 1.165) is 38.3 Å². The number of anilines is 1. The first-order valence-electron chi connectivity index (χ1n) is 6.35. The number of halogens is 2. The second-order valence-corrected chi connectivity index (χ2v) is 4.51. The van der Waals surface area contributed by atoms with Gasteiger partial charge in [0.25, 0.3) is 0 Å². The van der Waals surface area contributed by atoms with E-state index >= 15 is 0 Å². The second-order valence-electron chi connectivity index (χ2n) is 4.51. The van der Waals surface area contributed by atoms with E-state index in [-0.39, 0.29) is 0 Å². The lowest BCUT2D eigenvalue weighted by molar-refractivity contribution is 0.509. The van der Waals surface area contributed by atoms with E-state index in [1.807, 2.05) is 4.90 Å². The molecule has 5 nitrogen and oxygen atoms in total. The maximum atomic E-state index is 13.3. The Bertz CT molecular complexity index is 613. The lowest BCUT2D eigenvalue weighted by Gasteiger charge is -2.26. The predicted molar refractivity (Wildman–Crippen MR) is 70.3 cm³/mol. The normalized spacial score (nSPS) is 15.4. The number of hydrogen-bond donors (Lipinski definition) is 1. The smallest absolute Gasteiger partial charge is 0.245 e. The van der Waals surface area contributed by atoms with Crippen LogP contribution in [-0.4, -0.2) is 41.4 Å². The SMILES string of the molecule is Fc1ccc(-c2cnnc(N3CCNCC3)n2)cc1F. The van der Waals surface area contributed by atoms with Crippen molar-refractivity contribution in [2.75, 3.05) is 31.1 Å². The van der Waals surface area contributed by atoms with Gasteiger partial charge in [-0.1, -0.05) is 0 Å². The summed E-state index contributed by atoms with van der Waals surface area (Å²) in [5.41, 5.74) is 0.961. The largest absolute Gasteiger partial charge is 0.337 e. The molecule has 3 rings (SSSR count). The first-order valence-corrected chi connectivity index (χ1v) is 6.35. The molecular weight excluding hydrogens is 264 g/mol. The van der Waals surface area contributed by atoms with Crippen LogP contribution in [0, 0.1) is 11.6 Å². The highest BCUT2D eigenvalue weighted by atomic mass is 19.2. The molecule has 20 heavy (non-hydrogen) atoms. The van der Waals surface area contributed by atoms with E-state index in [1.165, 1.54) is 12.3 Å². The minimum Gasteiger partial charge on any atom is -0.337 e. The Morgan fingerprint density at radius 2 is 1.90 bits per heavy atom. The first-order chi connectivity index (χ1) is 9.74. The number of nitrogens with zero attached hydrogens (tertiary/aromatic N) is 4. The van der Waals surface area contributed by atoms with E-state index in [9.17, 15) is 8.78 Å². The summed E-state index contributed by atoms with van der Waals surface area (Å²) in [4.78, 5) is 6.38. The zero-order valence-corrected chi connectivity index (χ0v) is 10.7. The van der Waals surface area contributed by atoms with E-state index in [0.29, 0.717) is 17.2 Å². The van der Waals surface area contributed by atoms with Gasteiger partial charge in [0.05, 0.1) is 11.9 Å². The van der Waals surface area contributed by atoms with Gasteiger partial charge >= 0.3 is 0 Å². The average molecular weight is 277 g/mol. The Hall–Kier alpha value is -2.15. The van der Waals surface area contributed by atoms with Crippen molar-refractivity contribution in [2.24, 2.45) is 0 Å². The van der Waals surface area contributed by atoms with Crippen molar-refractivity contribution in [1.29, 1.82) is 0 Å². The summed E-state index contributed by atoms with van der Waals surface area (Å²) >= 11 is 0. The molecule has 0 unspecified atom stereocenters. The number of benzene rings is 1. The third kappa shape index (κ3) is 2.57. The molecule has 1 aromatic heterocycles. The van der Waals surface area contributed by atoms with Gasteiger partial charge in [0.15, 0.2) is 11.6 Å². The second kappa shape index (κ2) is 5.46. The van der Waals surface area contributed by atoms with Gasteiger partial charge in [0.2, 0.25) is 5.95 Å². The summed E-state index contributed by atoms with van der Waals surface area (Å²) < 4.78 is 26.2. The minimum absolute atomic E-state index is 0.479. The Morgan fingerprint density at radius 3 is 2.65 bits per heavy atom. The van der Waals surface area contributed by atoms with Crippen LogP contribution in [0.5, 0.6) is 0 Å². The molecule has 0 spiro atoms. The van der Waals surface area contributed by atoms with Crippen molar-refractivity contribution in [1.82, 2.24) is 20.5 Å². The monoisotopic (exact) mass is 277 g/mol. The van der Waals surface area contributed by atoms with E-state index in [2.05, 4.69) is 20.5 Å². The zero-order chi connectivity index (χ0) is 13.9. The Balaban J connectivity index is 1.91. The molecule has 0 saturated carbocycles. The molecule has 1 saturated heterocycles. The molecule has 2 aromatic rings. The quantitative estimate of drug-likeness (QED) is 0.894. The van der Waals surface area contributed by atoms with Crippen molar-refractivity contribution in [3.05, 3.63) is 36.0 Å². The van der Waals surface area contributed by atoms with Crippen molar-refractivity contribution < 1.29 is 8.78 Å². The fourth-order valence-corrected chi connectivity index (χ4v) is 2.09. The van der Waals surface area contributed by atoms with Crippen molar-refractivity contribution in [3.63, 3.8) is 0 Å². The molecule has 0 amide bonds. The van der Waals surface area contributed by atoms with E-state index < -0.39 is 11.6 Å². The summed E-state index contributed by atoms with van der Waals surface area (Å²) in [5, 5.41) is 11.1. The zero-order valence-electron chi connectivity index (χ0n) is 10.7. The predicted octanol–water partition coefficient (Wildman–Crippen LogP) is 1.23. The summed E-state index contributed by atoms with van der Waals surface area (Å²) in [6.07, 6.45) is 1.44. The lowest BCUT2D eigenvalue weighted by Crippen LogP contribution is -2.44. The van der Waals surface area contributed by atoms with Gasteiger partial charge in [-0.2, -0.15) is 5.10 Å². The number of hydrogen-bond acceptors (Lipinski definition) is 5. The molecular formula is C13H13F2N5. The van der Waals surface area contributed by atoms with E-state index in [4.69, 9.17) is 0 Å². The van der Waals surface area contributed by atoms with Gasteiger partial charge in [-0.3, -0.25) is 0 Å². The van der Waals surface area contributed by atoms with Crippen molar-refractivity contribution in [3.8, 4) is 11.3 Å². The van der Waals surface area contributed by atoms with Gasteiger partial charge < -0.3 is 10.2 Å². The molecule has 0 atom stereocenters. The molecule has 2 heterocycles. The summed E-state index contributed by atoms with van der Waals surface area (Å²) in [6.45, 7) is 3.31. The Labute approximate surface area is 114 Å². The number of aromatic nitrogens is 3. The highest BCUT2D eigenvalue weighted by molar-refractivity contribution is 5.59. The number of nitrogens with one attached hydrogen (secondary N) is 1. The maximum Gasteiger partial charge on any atom is 0.245 e. The Morgan fingerprint density at radius 1 is 1.10 bits per heavy atom. The van der Waals surface area contributed by atoms with Crippen LogP contribution < -0.4 is 10.2 Å². The van der Waals surface area contributed by atoms with E-state index in [1.54, 1.807) is 0 Å². The molecule has 0 aliphatic carbocycles. The van der Waals surface area contributed by atoms with Crippen LogP contribution in [0.1, 0.15) is 0 Å². The van der Waals surface area contributed by atoms with Crippen LogP contribution in [0.25, 0.3) is 11.3 Å².